The number of nitrogens with zero attached hydrogens (tertiary/aromatic N) is 3. The lowest BCUT2D eigenvalue weighted by Crippen LogP contribution is -2.42. The number of carbonyl (C=O) groups excluding carboxylic acids is 1. The van der Waals surface area contributed by atoms with Crippen LogP contribution >= 0.6 is 0 Å². The van der Waals surface area contributed by atoms with Crippen molar-refractivity contribution in [2.24, 2.45) is 0 Å². The molecule has 9 nitrogen and oxygen atoms in total. The Kier molecular flexibility index (Phi) is 6.55. The molecular weight excluding hydrogens is 412 g/mol. The zero-order valence-electron chi connectivity index (χ0n) is 19.0. The Hall–Kier alpha value is -2.81. The summed E-state index contributed by atoms with van der Waals surface area (Å²) >= 11 is 0. The van der Waals surface area contributed by atoms with Gasteiger partial charge in [-0.3, -0.25) is 4.98 Å². The van der Waals surface area contributed by atoms with Crippen LogP contribution in [-0.2, 0) is 9.47 Å². The lowest BCUT2D eigenvalue weighted by molar-refractivity contribution is 0.0470. The normalized spacial score (nSPS) is 21.9. The number of hydrogen-bond donors (Lipinski definition) is 2. The Morgan fingerprint density at radius 2 is 1.91 bits per heavy atom. The van der Waals surface area contributed by atoms with Gasteiger partial charge in [-0.1, -0.05) is 0 Å². The number of aromatic nitrogens is 2. The molecule has 0 radical (unpaired) electrons. The molecule has 2 fully saturated rings. The minimum absolute atomic E-state index is 0.0234. The molecule has 2 aromatic heterocycles. The molecule has 0 unspecified atom stereocenters. The first-order valence-corrected chi connectivity index (χ1v) is 11.3. The molecule has 2 aliphatic rings. The van der Waals surface area contributed by atoms with Crippen molar-refractivity contribution in [1.82, 2.24) is 15.3 Å². The first-order valence-electron chi connectivity index (χ1n) is 11.3. The lowest BCUT2D eigenvalue weighted by Gasteiger charge is -2.31. The second-order valence-corrected chi connectivity index (χ2v) is 9.38. The van der Waals surface area contributed by atoms with E-state index in [0.717, 1.165) is 50.1 Å². The van der Waals surface area contributed by atoms with E-state index in [4.69, 9.17) is 19.2 Å². The van der Waals surface area contributed by atoms with E-state index in [1.54, 1.807) is 6.07 Å². The molecule has 0 spiro atoms. The fourth-order valence-electron chi connectivity index (χ4n) is 4.07. The zero-order valence-corrected chi connectivity index (χ0v) is 19.0. The van der Waals surface area contributed by atoms with Gasteiger partial charge in [0.25, 0.3) is 0 Å². The third-order valence-electron chi connectivity index (χ3n) is 5.62. The molecular formula is C23H32N4O5. The summed E-state index contributed by atoms with van der Waals surface area (Å²) in [4.78, 5) is 23.4. The third kappa shape index (κ3) is 5.70. The first kappa shape index (κ1) is 22.4. The molecule has 3 heterocycles. The van der Waals surface area contributed by atoms with Gasteiger partial charge in [-0.25, -0.2) is 4.79 Å². The number of nitrogens with one attached hydrogen (secondary N) is 1. The molecule has 1 aliphatic heterocycles. The van der Waals surface area contributed by atoms with E-state index in [-0.39, 0.29) is 24.0 Å². The molecule has 2 aromatic rings. The van der Waals surface area contributed by atoms with Crippen molar-refractivity contribution >= 4 is 22.8 Å². The molecule has 174 valence electrons. The monoisotopic (exact) mass is 444 g/mol. The van der Waals surface area contributed by atoms with E-state index in [9.17, 15) is 9.90 Å². The van der Waals surface area contributed by atoms with Gasteiger partial charge in [0.05, 0.1) is 30.3 Å². The largest absolute Gasteiger partial charge is 0.506 e. The highest BCUT2D eigenvalue weighted by Gasteiger charge is 2.27. The number of carbonyl (C=O) groups is 1. The summed E-state index contributed by atoms with van der Waals surface area (Å²) in [5.74, 6) is 1.36. The number of hydrogen-bond acceptors (Lipinski definition) is 8. The van der Waals surface area contributed by atoms with Gasteiger partial charge in [0.15, 0.2) is 0 Å². The molecule has 0 aromatic carbocycles. The number of morpholine rings is 1. The predicted octanol–water partition coefficient (Wildman–Crippen LogP) is 3.39. The van der Waals surface area contributed by atoms with Crippen molar-refractivity contribution < 1.29 is 24.1 Å². The molecule has 2 N–H and O–H groups in total. The van der Waals surface area contributed by atoms with Crippen LogP contribution in [0.4, 0.5) is 10.6 Å². The maximum atomic E-state index is 12.0. The summed E-state index contributed by atoms with van der Waals surface area (Å²) in [7, 11) is 0. The number of aromatic hydroxyl groups is 1. The number of rotatable bonds is 4. The van der Waals surface area contributed by atoms with E-state index in [1.807, 2.05) is 26.8 Å². The van der Waals surface area contributed by atoms with Crippen LogP contribution in [0.15, 0.2) is 18.3 Å². The van der Waals surface area contributed by atoms with Crippen molar-refractivity contribution in [3.05, 3.63) is 18.3 Å². The fraction of sp³-hybridized carbons (Fsp3) is 0.609. The van der Waals surface area contributed by atoms with Crippen LogP contribution in [0.5, 0.6) is 11.6 Å². The average molecular weight is 445 g/mol. The Morgan fingerprint density at radius 1 is 1.19 bits per heavy atom. The third-order valence-corrected chi connectivity index (χ3v) is 5.62. The van der Waals surface area contributed by atoms with Gasteiger partial charge in [-0.05, 0) is 52.5 Å². The van der Waals surface area contributed by atoms with Crippen LogP contribution in [-0.4, -0.2) is 65.2 Å². The molecule has 0 atom stereocenters. The Labute approximate surface area is 188 Å². The highest BCUT2D eigenvalue weighted by Crippen LogP contribution is 2.32. The summed E-state index contributed by atoms with van der Waals surface area (Å²) in [5, 5.41) is 13.6. The Bertz CT molecular complexity index is 947. The second kappa shape index (κ2) is 9.36. The first-order chi connectivity index (χ1) is 15.3. The molecule has 4 rings (SSSR count). The average Bonchev–Trinajstić information content (AvgIpc) is 2.74. The van der Waals surface area contributed by atoms with Crippen molar-refractivity contribution in [2.75, 3.05) is 31.2 Å². The van der Waals surface area contributed by atoms with Gasteiger partial charge in [0.1, 0.15) is 23.3 Å². The maximum absolute atomic E-state index is 12.0. The second-order valence-electron chi connectivity index (χ2n) is 9.38. The smallest absolute Gasteiger partial charge is 0.407 e. The van der Waals surface area contributed by atoms with Gasteiger partial charge in [0.2, 0.25) is 5.88 Å². The van der Waals surface area contributed by atoms with Gasteiger partial charge in [-0.2, -0.15) is 4.98 Å². The Balaban J connectivity index is 1.44. The molecule has 1 saturated heterocycles. The van der Waals surface area contributed by atoms with E-state index in [0.29, 0.717) is 24.5 Å². The number of alkyl carbamates (subject to hydrolysis) is 1. The van der Waals surface area contributed by atoms with Crippen LogP contribution < -0.4 is 15.0 Å². The molecule has 32 heavy (non-hydrogen) atoms. The SMILES string of the molecule is CC(C)(C)OC(=O)N[C@H]1CC[C@@H](Oc2nc(N3CCOCC3)cc3ncc(O)cc23)CC1. The molecule has 1 aliphatic carbocycles. The standard InChI is InChI=1S/C23H32N4O5/c1-23(2,3)32-22(29)25-15-4-6-17(7-5-15)31-21-18-12-16(28)14-24-19(18)13-20(26-21)27-8-10-30-11-9-27/h12-15,17,28H,4-11H2,1-3H3,(H,25,29)/t15-,17+. The zero-order chi connectivity index (χ0) is 22.7. The van der Waals surface area contributed by atoms with Crippen molar-refractivity contribution in [1.29, 1.82) is 0 Å². The van der Waals surface area contributed by atoms with Crippen LogP contribution in [0, 0.1) is 0 Å². The highest BCUT2D eigenvalue weighted by molar-refractivity contribution is 5.86. The quantitative estimate of drug-likeness (QED) is 0.739. The summed E-state index contributed by atoms with van der Waals surface area (Å²) in [6, 6.07) is 3.64. The molecule has 1 amide bonds. The van der Waals surface area contributed by atoms with E-state index in [1.165, 1.54) is 6.20 Å². The van der Waals surface area contributed by atoms with Crippen molar-refractivity contribution in [2.45, 2.75) is 64.2 Å². The lowest BCUT2D eigenvalue weighted by atomic mass is 9.93. The van der Waals surface area contributed by atoms with Crippen LogP contribution in [0.3, 0.4) is 0 Å². The maximum Gasteiger partial charge on any atom is 0.407 e. The van der Waals surface area contributed by atoms with Crippen LogP contribution in [0.2, 0.25) is 0 Å². The minimum Gasteiger partial charge on any atom is -0.506 e. The molecule has 1 saturated carbocycles. The predicted molar refractivity (Wildman–Crippen MR) is 120 cm³/mol. The number of fused-ring (bicyclic) bond motifs is 1. The van der Waals surface area contributed by atoms with Gasteiger partial charge >= 0.3 is 6.09 Å². The van der Waals surface area contributed by atoms with Gasteiger partial charge in [-0.15, -0.1) is 0 Å². The highest BCUT2D eigenvalue weighted by atomic mass is 16.6. The van der Waals surface area contributed by atoms with Crippen molar-refractivity contribution in [3.63, 3.8) is 0 Å². The topological polar surface area (TPSA) is 106 Å². The van der Waals surface area contributed by atoms with Crippen molar-refractivity contribution in [3.8, 4) is 11.6 Å². The summed E-state index contributed by atoms with van der Waals surface area (Å²) in [6.45, 7) is 8.40. The number of ether oxygens (including phenoxy) is 3. The van der Waals surface area contributed by atoms with Gasteiger partial charge < -0.3 is 29.5 Å². The van der Waals surface area contributed by atoms with E-state index < -0.39 is 5.60 Å². The number of pyridine rings is 2. The van der Waals surface area contributed by atoms with E-state index >= 15 is 0 Å². The minimum atomic E-state index is -0.512. The summed E-state index contributed by atoms with van der Waals surface area (Å²) in [5.41, 5.74) is 0.219. The fourth-order valence-corrected chi connectivity index (χ4v) is 4.07. The molecule has 9 heteroatoms. The number of anilines is 1. The molecule has 0 bridgehead atoms. The summed E-state index contributed by atoms with van der Waals surface area (Å²) in [6.07, 6.45) is 4.21. The van der Waals surface area contributed by atoms with E-state index in [2.05, 4.69) is 15.2 Å². The Morgan fingerprint density at radius 3 is 2.59 bits per heavy atom. The van der Waals surface area contributed by atoms with Gasteiger partial charge in [0, 0.05) is 25.2 Å². The number of amides is 1. The van der Waals surface area contributed by atoms with Crippen LogP contribution in [0.25, 0.3) is 10.9 Å². The van der Waals surface area contributed by atoms with Crippen LogP contribution in [0.1, 0.15) is 46.5 Å². The summed E-state index contributed by atoms with van der Waals surface area (Å²) < 4.78 is 17.1.